The van der Waals surface area contributed by atoms with E-state index in [4.69, 9.17) is 0 Å². The van der Waals surface area contributed by atoms with Crippen LogP contribution in [-0.2, 0) is 0 Å². The third-order valence-corrected chi connectivity index (χ3v) is 5.97. The number of anilines is 1. The number of halogens is 2. The Labute approximate surface area is 175 Å². The van der Waals surface area contributed by atoms with Gasteiger partial charge < -0.3 is 10.2 Å². The Hall–Kier alpha value is -3.20. The molecule has 0 aliphatic carbocycles. The molecule has 154 valence electrons. The van der Waals surface area contributed by atoms with Crippen molar-refractivity contribution in [2.45, 2.75) is 18.8 Å². The highest BCUT2D eigenvalue weighted by atomic mass is 32.1. The van der Waals surface area contributed by atoms with Crippen LogP contribution in [0, 0.1) is 11.6 Å². The molecule has 0 bridgehead atoms. The molecule has 2 heterocycles. The monoisotopic (exact) mass is 428 g/mol. The van der Waals surface area contributed by atoms with Gasteiger partial charge in [0.05, 0.1) is 0 Å². The Morgan fingerprint density at radius 2 is 1.67 bits per heavy atom. The number of piperidine rings is 1. The lowest BCUT2D eigenvalue weighted by Crippen LogP contribution is -2.39. The summed E-state index contributed by atoms with van der Waals surface area (Å²) in [7, 11) is 0. The lowest BCUT2D eigenvalue weighted by atomic mass is 9.98. The molecule has 0 spiro atoms. The van der Waals surface area contributed by atoms with Crippen LogP contribution < -0.4 is 5.32 Å². The Bertz CT molecular complexity index is 1050. The van der Waals surface area contributed by atoms with E-state index in [9.17, 15) is 18.4 Å². The Morgan fingerprint density at radius 3 is 2.37 bits per heavy atom. The Kier molecular flexibility index (Phi) is 5.80. The first-order chi connectivity index (χ1) is 14.5. The molecule has 3 aromatic rings. The predicted molar refractivity (Wildman–Crippen MR) is 109 cm³/mol. The number of nitrogens with zero attached hydrogens (tertiary/aromatic N) is 3. The van der Waals surface area contributed by atoms with E-state index in [0.29, 0.717) is 29.3 Å². The highest BCUT2D eigenvalue weighted by molar-refractivity contribution is 7.13. The van der Waals surface area contributed by atoms with E-state index in [1.165, 1.54) is 59.9 Å². The fourth-order valence-corrected chi connectivity index (χ4v) is 4.21. The van der Waals surface area contributed by atoms with Gasteiger partial charge in [0.15, 0.2) is 0 Å². The van der Waals surface area contributed by atoms with E-state index in [1.54, 1.807) is 4.90 Å². The van der Waals surface area contributed by atoms with Crippen LogP contribution in [0.25, 0.3) is 0 Å². The first kappa shape index (κ1) is 20.1. The number of carbonyl (C=O) groups excluding carboxylic acids is 2. The van der Waals surface area contributed by atoms with Crippen LogP contribution in [-0.4, -0.2) is 40.0 Å². The minimum atomic E-state index is -0.416. The average molecular weight is 428 g/mol. The lowest BCUT2D eigenvalue weighted by Gasteiger charge is -2.31. The zero-order valence-corrected chi connectivity index (χ0v) is 16.7. The fraction of sp³-hybridized carbons (Fsp3) is 0.238. The average Bonchev–Trinajstić information content (AvgIpc) is 3.26. The summed E-state index contributed by atoms with van der Waals surface area (Å²) in [4.78, 5) is 26.8. The number of aromatic nitrogens is 2. The van der Waals surface area contributed by atoms with Gasteiger partial charge in [0.2, 0.25) is 5.01 Å². The smallest absolute Gasteiger partial charge is 0.286 e. The van der Waals surface area contributed by atoms with Crippen LogP contribution in [0.3, 0.4) is 0 Å². The summed E-state index contributed by atoms with van der Waals surface area (Å²) in [6.07, 6.45) is 1.63. The van der Waals surface area contributed by atoms with E-state index < -0.39 is 5.91 Å². The van der Waals surface area contributed by atoms with Crippen LogP contribution in [0.5, 0.6) is 0 Å². The van der Waals surface area contributed by atoms with Crippen LogP contribution in [0.15, 0.2) is 48.5 Å². The molecule has 30 heavy (non-hydrogen) atoms. The number of nitrogens with one attached hydrogen (secondary N) is 1. The van der Waals surface area contributed by atoms with Crippen molar-refractivity contribution >= 4 is 28.8 Å². The third-order valence-electron chi connectivity index (χ3n) is 4.89. The van der Waals surface area contributed by atoms with E-state index in [2.05, 4.69) is 15.5 Å². The van der Waals surface area contributed by atoms with Gasteiger partial charge in [-0.2, -0.15) is 0 Å². The molecule has 1 aliphatic heterocycles. The molecule has 4 rings (SSSR count). The van der Waals surface area contributed by atoms with E-state index in [0.717, 1.165) is 12.8 Å². The summed E-state index contributed by atoms with van der Waals surface area (Å²) in [5.41, 5.74) is 0.903. The number of hydrogen-bond donors (Lipinski definition) is 1. The van der Waals surface area contributed by atoms with Crippen molar-refractivity contribution in [2.75, 3.05) is 18.4 Å². The van der Waals surface area contributed by atoms with Gasteiger partial charge in [-0.15, -0.1) is 10.2 Å². The predicted octanol–water partition coefficient (Wildman–Crippen LogP) is 4.09. The van der Waals surface area contributed by atoms with E-state index in [-0.39, 0.29) is 28.5 Å². The standard InChI is InChI=1S/C21H18F2N4O2S/c22-15-5-3-13(4-6-15)21(29)27-11-1-2-14(12-27)19-25-26-20(30-19)18(28)24-17-9-7-16(23)8-10-17/h3-10,14H,1-2,11-12H2,(H,24,28)/t14-/m1/s1. The summed E-state index contributed by atoms with van der Waals surface area (Å²) in [5, 5.41) is 11.7. The number of amides is 2. The van der Waals surface area contributed by atoms with Crippen molar-refractivity contribution in [1.29, 1.82) is 0 Å². The molecule has 1 aliphatic rings. The number of likely N-dealkylation sites (tertiary alicyclic amines) is 1. The van der Waals surface area contributed by atoms with Gasteiger partial charge in [-0.25, -0.2) is 8.78 Å². The Balaban J connectivity index is 1.42. The molecule has 1 aromatic heterocycles. The van der Waals surface area contributed by atoms with Gasteiger partial charge in [-0.1, -0.05) is 11.3 Å². The van der Waals surface area contributed by atoms with Crippen molar-refractivity contribution in [3.8, 4) is 0 Å². The van der Waals surface area contributed by atoms with Gasteiger partial charge in [0.25, 0.3) is 11.8 Å². The van der Waals surface area contributed by atoms with Crippen LogP contribution >= 0.6 is 11.3 Å². The third kappa shape index (κ3) is 4.51. The quantitative estimate of drug-likeness (QED) is 0.679. The molecule has 1 fully saturated rings. The summed E-state index contributed by atoms with van der Waals surface area (Å²) >= 11 is 1.19. The highest BCUT2D eigenvalue weighted by Crippen LogP contribution is 2.30. The minimum absolute atomic E-state index is 0.0204. The maximum Gasteiger partial charge on any atom is 0.286 e. The van der Waals surface area contributed by atoms with Gasteiger partial charge >= 0.3 is 0 Å². The van der Waals surface area contributed by atoms with E-state index >= 15 is 0 Å². The van der Waals surface area contributed by atoms with E-state index in [1.807, 2.05) is 0 Å². The molecule has 1 saturated heterocycles. The van der Waals surface area contributed by atoms with Crippen molar-refractivity contribution in [1.82, 2.24) is 15.1 Å². The number of carbonyl (C=O) groups is 2. The number of benzene rings is 2. The van der Waals surface area contributed by atoms with Crippen LogP contribution in [0.2, 0.25) is 0 Å². The second-order valence-electron chi connectivity index (χ2n) is 7.00. The normalized spacial score (nSPS) is 16.3. The van der Waals surface area contributed by atoms with Gasteiger partial charge in [0, 0.05) is 30.3 Å². The Morgan fingerprint density at radius 1 is 1.00 bits per heavy atom. The summed E-state index contributed by atoms with van der Waals surface area (Å²) in [6, 6.07) is 10.9. The molecule has 0 radical (unpaired) electrons. The van der Waals surface area contributed by atoms with Crippen molar-refractivity contribution in [3.63, 3.8) is 0 Å². The maximum atomic E-state index is 13.1. The van der Waals surface area contributed by atoms with Crippen LogP contribution in [0.4, 0.5) is 14.5 Å². The first-order valence-electron chi connectivity index (χ1n) is 9.45. The number of rotatable bonds is 4. The molecule has 2 aromatic carbocycles. The summed E-state index contributed by atoms with van der Waals surface area (Å²) in [5.74, 6) is -1.36. The molecular weight excluding hydrogens is 410 g/mol. The molecular formula is C21H18F2N4O2S. The van der Waals surface area contributed by atoms with Gasteiger partial charge in [-0.3, -0.25) is 9.59 Å². The zero-order valence-electron chi connectivity index (χ0n) is 15.8. The molecule has 1 atom stereocenters. The lowest BCUT2D eigenvalue weighted by molar-refractivity contribution is 0.0706. The highest BCUT2D eigenvalue weighted by Gasteiger charge is 2.28. The maximum absolute atomic E-state index is 13.1. The second-order valence-corrected chi connectivity index (χ2v) is 8.01. The van der Waals surface area contributed by atoms with Gasteiger partial charge in [-0.05, 0) is 61.4 Å². The second kappa shape index (κ2) is 8.66. The summed E-state index contributed by atoms with van der Waals surface area (Å²) < 4.78 is 26.1. The molecule has 0 saturated carbocycles. The van der Waals surface area contributed by atoms with Crippen molar-refractivity contribution < 1.29 is 18.4 Å². The molecule has 6 nitrogen and oxygen atoms in total. The fourth-order valence-electron chi connectivity index (χ4n) is 3.35. The number of hydrogen-bond acceptors (Lipinski definition) is 5. The summed E-state index contributed by atoms with van der Waals surface area (Å²) in [6.45, 7) is 1.08. The SMILES string of the molecule is O=C(Nc1ccc(F)cc1)c1nnc([C@@H]2CCCN(C(=O)c3ccc(F)cc3)C2)s1. The first-order valence-corrected chi connectivity index (χ1v) is 10.3. The topological polar surface area (TPSA) is 75.2 Å². The zero-order chi connectivity index (χ0) is 21.1. The molecule has 1 N–H and O–H groups in total. The molecule has 2 amide bonds. The largest absolute Gasteiger partial charge is 0.338 e. The minimum Gasteiger partial charge on any atom is -0.338 e. The van der Waals surface area contributed by atoms with Crippen LogP contribution in [0.1, 0.15) is 43.9 Å². The molecule has 9 heteroatoms. The van der Waals surface area contributed by atoms with Crippen molar-refractivity contribution in [2.24, 2.45) is 0 Å². The van der Waals surface area contributed by atoms with Crippen molar-refractivity contribution in [3.05, 3.63) is 75.7 Å². The molecule has 0 unspecified atom stereocenters. The van der Waals surface area contributed by atoms with Gasteiger partial charge in [0.1, 0.15) is 16.6 Å².